The summed E-state index contributed by atoms with van der Waals surface area (Å²) in [4.78, 5) is 4.69. The maximum Gasteiger partial charge on any atom is 0.155 e. The molecule has 0 aliphatic rings. The number of H-pyrrole nitrogens is 1. The Kier molecular flexibility index (Phi) is 6.33. The third-order valence-corrected chi connectivity index (χ3v) is 5.79. The van der Waals surface area contributed by atoms with Gasteiger partial charge in [-0.2, -0.15) is 0 Å². The average molecular weight is 436 g/mol. The maximum absolute atomic E-state index is 6.04. The Labute approximate surface area is 192 Å². The Morgan fingerprint density at radius 2 is 1.73 bits per heavy atom. The van der Waals surface area contributed by atoms with Crippen LogP contribution in [0.25, 0.3) is 10.9 Å². The Morgan fingerprint density at radius 3 is 2.61 bits per heavy atom. The minimum atomic E-state index is 0.152. The second-order valence-corrected chi connectivity index (χ2v) is 8.07. The highest BCUT2D eigenvalue weighted by Gasteiger charge is 2.17. The first-order valence-corrected chi connectivity index (χ1v) is 11.2. The molecule has 3 aromatic carbocycles. The van der Waals surface area contributed by atoms with Crippen molar-refractivity contribution in [2.24, 2.45) is 0 Å². The molecule has 0 aliphatic carbocycles. The predicted molar refractivity (Wildman–Crippen MR) is 128 cm³/mol. The summed E-state index contributed by atoms with van der Waals surface area (Å²) < 4.78 is 6.04. The van der Waals surface area contributed by atoms with E-state index in [1.54, 1.807) is 0 Å². The number of rotatable bonds is 9. The van der Waals surface area contributed by atoms with Crippen LogP contribution in [0.1, 0.15) is 41.4 Å². The molecule has 5 rings (SSSR count). The lowest BCUT2D eigenvalue weighted by molar-refractivity contribution is 0.301. The number of nitrogens with zero attached hydrogens (tertiary/aromatic N) is 4. The molecular formula is C27H25N5O. The van der Waals surface area contributed by atoms with Gasteiger partial charge in [0.05, 0.1) is 11.2 Å². The molecule has 33 heavy (non-hydrogen) atoms. The van der Waals surface area contributed by atoms with Crippen molar-refractivity contribution in [2.45, 2.75) is 31.8 Å². The van der Waals surface area contributed by atoms with Crippen molar-refractivity contribution in [1.82, 2.24) is 25.6 Å². The normalized spacial score (nSPS) is 12.0. The molecule has 0 bridgehead atoms. The second kappa shape index (κ2) is 10.0. The number of tetrazole rings is 1. The van der Waals surface area contributed by atoms with E-state index >= 15 is 0 Å². The Hall–Kier alpha value is -4.06. The van der Waals surface area contributed by atoms with Crippen molar-refractivity contribution in [3.8, 4) is 5.75 Å². The summed E-state index contributed by atoms with van der Waals surface area (Å²) in [6.07, 6.45) is 2.92. The molecule has 6 heteroatoms. The van der Waals surface area contributed by atoms with Crippen molar-refractivity contribution in [3.63, 3.8) is 0 Å². The van der Waals surface area contributed by atoms with Gasteiger partial charge in [-0.05, 0) is 65.1 Å². The van der Waals surface area contributed by atoms with Gasteiger partial charge in [-0.1, -0.05) is 66.7 Å². The van der Waals surface area contributed by atoms with E-state index in [4.69, 9.17) is 9.72 Å². The van der Waals surface area contributed by atoms with E-state index in [0.29, 0.717) is 6.61 Å². The van der Waals surface area contributed by atoms with E-state index in [1.807, 2.05) is 42.5 Å². The van der Waals surface area contributed by atoms with Crippen molar-refractivity contribution in [1.29, 1.82) is 0 Å². The standard InChI is InChI=1S/C27H25N5O/c1-2-10-21(11-3-1)25(27-29-31-32-30-27)14-7-9-20-8-6-13-24(18-20)33-19-23-17-16-22-12-4-5-15-26(22)28-23/h1-6,8,10-13,15-18,25H,7,9,14,19H2,(H,29,30,31,32). The highest BCUT2D eigenvalue weighted by molar-refractivity contribution is 5.78. The topological polar surface area (TPSA) is 76.6 Å². The number of aromatic amines is 1. The molecule has 6 nitrogen and oxygen atoms in total. The Bertz CT molecular complexity index is 1300. The molecule has 0 amide bonds. The fourth-order valence-corrected chi connectivity index (χ4v) is 4.11. The molecule has 164 valence electrons. The summed E-state index contributed by atoms with van der Waals surface area (Å²) >= 11 is 0. The van der Waals surface area contributed by atoms with Crippen LogP contribution in [0.2, 0.25) is 0 Å². The first-order chi connectivity index (χ1) is 16.3. The predicted octanol–water partition coefficient (Wildman–Crippen LogP) is 5.48. The molecule has 1 unspecified atom stereocenters. The number of fused-ring (bicyclic) bond motifs is 1. The number of hydrogen-bond donors (Lipinski definition) is 1. The van der Waals surface area contributed by atoms with Gasteiger partial charge in [0.1, 0.15) is 12.4 Å². The van der Waals surface area contributed by atoms with E-state index < -0.39 is 0 Å². The van der Waals surface area contributed by atoms with Crippen LogP contribution in [0.3, 0.4) is 0 Å². The van der Waals surface area contributed by atoms with Gasteiger partial charge >= 0.3 is 0 Å². The lowest BCUT2D eigenvalue weighted by Gasteiger charge is -2.14. The molecule has 1 atom stereocenters. The van der Waals surface area contributed by atoms with Crippen LogP contribution >= 0.6 is 0 Å². The zero-order valence-corrected chi connectivity index (χ0v) is 18.3. The number of pyridine rings is 1. The molecule has 0 spiro atoms. The molecular weight excluding hydrogens is 410 g/mol. The third-order valence-electron chi connectivity index (χ3n) is 5.79. The van der Waals surface area contributed by atoms with Crippen molar-refractivity contribution in [2.75, 3.05) is 0 Å². The van der Waals surface area contributed by atoms with Crippen LogP contribution in [0, 0.1) is 0 Å². The summed E-state index contributed by atoms with van der Waals surface area (Å²) in [6.45, 7) is 0.447. The highest BCUT2D eigenvalue weighted by Crippen LogP contribution is 2.27. The average Bonchev–Trinajstić information content (AvgIpc) is 3.41. The van der Waals surface area contributed by atoms with Crippen molar-refractivity contribution in [3.05, 3.63) is 114 Å². The molecule has 1 N–H and O–H groups in total. The monoisotopic (exact) mass is 435 g/mol. The second-order valence-electron chi connectivity index (χ2n) is 8.07. The summed E-state index contributed by atoms with van der Waals surface area (Å²) in [5.41, 5.74) is 4.38. The van der Waals surface area contributed by atoms with Gasteiger partial charge in [0, 0.05) is 11.3 Å². The first-order valence-electron chi connectivity index (χ1n) is 11.2. The van der Waals surface area contributed by atoms with Gasteiger partial charge in [0.2, 0.25) is 0 Å². The van der Waals surface area contributed by atoms with Crippen molar-refractivity contribution >= 4 is 10.9 Å². The number of para-hydroxylation sites is 1. The summed E-state index contributed by atoms with van der Waals surface area (Å²) in [7, 11) is 0. The minimum Gasteiger partial charge on any atom is -0.487 e. The number of aromatic nitrogens is 5. The zero-order valence-electron chi connectivity index (χ0n) is 18.3. The van der Waals surface area contributed by atoms with Gasteiger partial charge in [0.15, 0.2) is 5.82 Å². The van der Waals surface area contributed by atoms with Gasteiger partial charge in [0.25, 0.3) is 0 Å². The fraction of sp³-hybridized carbons (Fsp3) is 0.185. The molecule has 5 aromatic rings. The zero-order chi connectivity index (χ0) is 22.3. The third kappa shape index (κ3) is 5.23. The van der Waals surface area contributed by atoms with E-state index in [-0.39, 0.29) is 5.92 Å². The molecule has 0 saturated carbocycles. The first kappa shape index (κ1) is 20.8. The van der Waals surface area contributed by atoms with Gasteiger partial charge in [-0.3, -0.25) is 0 Å². The molecule has 2 aromatic heterocycles. The smallest absolute Gasteiger partial charge is 0.155 e. The molecule has 0 aliphatic heterocycles. The number of aryl methyl sites for hydroxylation is 1. The fourth-order valence-electron chi connectivity index (χ4n) is 4.11. The largest absolute Gasteiger partial charge is 0.487 e. The van der Waals surface area contributed by atoms with Crippen LogP contribution in [0.15, 0.2) is 91.0 Å². The lowest BCUT2D eigenvalue weighted by Crippen LogP contribution is -2.04. The van der Waals surface area contributed by atoms with E-state index in [0.717, 1.165) is 47.4 Å². The molecule has 2 heterocycles. The number of ether oxygens (including phenoxy) is 1. The van der Waals surface area contributed by atoms with E-state index in [1.165, 1.54) is 11.1 Å². The van der Waals surface area contributed by atoms with Crippen LogP contribution < -0.4 is 4.74 Å². The van der Waals surface area contributed by atoms with Gasteiger partial charge < -0.3 is 4.74 Å². The van der Waals surface area contributed by atoms with Crippen LogP contribution in [-0.2, 0) is 13.0 Å². The Balaban J connectivity index is 1.20. The quantitative estimate of drug-likeness (QED) is 0.332. The van der Waals surface area contributed by atoms with E-state index in [9.17, 15) is 0 Å². The lowest BCUT2D eigenvalue weighted by atomic mass is 9.92. The minimum absolute atomic E-state index is 0.152. The number of nitrogens with one attached hydrogen (secondary N) is 1. The summed E-state index contributed by atoms with van der Waals surface area (Å²) in [5, 5.41) is 15.8. The van der Waals surface area contributed by atoms with Gasteiger partial charge in [-0.15, -0.1) is 5.10 Å². The number of hydrogen-bond acceptors (Lipinski definition) is 5. The Morgan fingerprint density at radius 1 is 0.848 bits per heavy atom. The van der Waals surface area contributed by atoms with Gasteiger partial charge in [-0.25, -0.2) is 10.1 Å². The highest BCUT2D eigenvalue weighted by atomic mass is 16.5. The summed E-state index contributed by atoms with van der Waals surface area (Å²) in [5.74, 6) is 1.82. The number of benzene rings is 3. The van der Waals surface area contributed by atoms with Crippen molar-refractivity contribution < 1.29 is 4.74 Å². The van der Waals surface area contributed by atoms with E-state index in [2.05, 4.69) is 69.2 Å². The van der Waals surface area contributed by atoms with Crippen LogP contribution in [0.4, 0.5) is 0 Å². The summed E-state index contributed by atoms with van der Waals surface area (Å²) in [6, 6.07) is 30.9. The molecule has 0 saturated heterocycles. The maximum atomic E-state index is 6.04. The molecule has 0 radical (unpaired) electrons. The molecule has 0 fully saturated rings. The SMILES string of the molecule is c1ccc(C(CCCc2cccc(OCc3ccc4ccccc4n3)c2)c2nnn[nH]2)cc1. The van der Waals surface area contributed by atoms with Crippen LogP contribution in [-0.4, -0.2) is 25.6 Å². The van der Waals surface area contributed by atoms with Crippen LogP contribution in [0.5, 0.6) is 5.75 Å².